The topological polar surface area (TPSA) is 77.5 Å². The van der Waals surface area contributed by atoms with E-state index in [9.17, 15) is 0 Å². The van der Waals surface area contributed by atoms with Crippen molar-refractivity contribution in [3.63, 3.8) is 0 Å². The van der Waals surface area contributed by atoms with Crippen LogP contribution in [-0.4, -0.2) is 18.3 Å². The van der Waals surface area contributed by atoms with Crippen LogP contribution < -0.4 is 11.5 Å². The number of dihydropyridines is 1. The molecule has 0 aliphatic carbocycles. The first-order valence-electron chi connectivity index (χ1n) is 4.90. The maximum absolute atomic E-state index is 6.18. The number of nitrogens with two attached hydrogens (primary N) is 2. The van der Waals surface area contributed by atoms with Crippen molar-refractivity contribution in [2.24, 2.45) is 16.5 Å². The van der Waals surface area contributed by atoms with Gasteiger partial charge < -0.3 is 15.9 Å². The Morgan fingerprint density at radius 3 is 2.93 bits per heavy atom. The fraction of sp³-hybridized carbons (Fsp3) is 0.364. The van der Waals surface area contributed by atoms with Crippen LogP contribution >= 0.6 is 0 Å². The minimum atomic E-state index is -0.598. The van der Waals surface area contributed by atoms with Crippen LogP contribution in [0.25, 0.3) is 0 Å². The van der Waals surface area contributed by atoms with Gasteiger partial charge in [0.2, 0.25) is 0 Å². The predicted octanol–water partition coefficient (Wildman–Crippen LogP) is 0.755. The van der Waals surface area contributed by atoms with Crippen LogP contribution in [0.5, 0.6) is 0 Å². The summed E-state index contributed by atoms with van der Waals surface area (Å²) in [4.78, 5) is 4.14. The molecule has 1 aromatic heterocycles. The van der Waals surface area contributed by atoms with E-state index < -0.39 is 5.54 Å². The summed E-state index contributed by atoms with van der Waals surface area (Å²) in [6, 6.07) is 3.85. The lowest BCUT2D eigenvalue weighted by molar-refractivity contribution is 0.414. The second-order valence-corrected chi connectivity index (χ2v) is 3.96. The molecule has 15 heavy (non-hydrogen) atoms. The van der Waals surface area contributed by atoms with Crippen LogP contribution in [0.15, 0.2) is 33.3 Å². The van der Waals surface area contributed by atoms with Crippen LogP contribution in [0.4, 0.5) is 0 Å². The standard InChI is InChI=1S/C11H15N3O/c1-8-2-3-9(15-8)6-11(13)7-14-5-4-10(11)12/h2-5H,6-7,12-13H2,1H3. The van der Waals surface area contributed by atoms with Gasteiger partial charge in [-0.25, -0.2) is 0 Å². The fourth-order valence-corrected chi connectivity index (χ4v) is 1.65. The number of hydrogen-bond acceptors (Lipinski definition) is 4. The number of furan rings is 1. The molecule has 0 radical (unpaired) electrons. The van der Waals surface area contributed by atoms with E-state index in [4.69, 9.17) is 15.9 Å². The molecule has 0 bridgehead atoms. The summed E-state index contributed by atoms with van der Waals surface area (Å²) in [6.07, 6.45) is 4.02. The summed E-state index contributed by atoms with van der Waals surface area (Å²) in [7, 11) is 0. The second-order valence-electron chi connectivity index (χ2n) is 3.96. The zero-order valence-corrected chi connectivity index (χ0v) is 8.73. The van der Waals surface area contributed by atoms with Gasteiger partial charge in [0.25, 0.3) is 0 Å². The lowest BCUT2D eigenvalue weighted by Gasteiger charge is -2.29. The largest absolute Gasteiger partial charge is 0.466 e. The molecule has 2 rings (SSSR count). The van der Waals surface area contributed by atoms with Gasteiger partial charge in [0.05, 0.1) is 12.1 Å². The SMILES string of the molecule is Cc1ccc(CC2(N)CN=CC=C2N)o1. The molecular weight excluding hydrogens is 190 g/mol. The molecule has 0 aromatic carbocycles. The molecule has 1 aromatic rings. The Hall–Kier alpha value is -1.55. The van der Waals surface area contributed by atoms with E-state index in [0.717, 1.165) is 11.5 Å². The predicted molar refractivity (Wildman–Crippen MR) is 59.7 cm³/mol. The summed E-state index contributed by atoms with van der Waals surface area (Å²) >= 11 is 0. The lowest BCUT2D eigenvalue weighted by Crippen LogP contribution is -2.51. The normalized spacial score (nSPS) is 25.3. The van der Waals surface area contributed by atoms with Crippen molar-refractivity contribution in [2.75, 3.05) is 6.54 Å². The van der Waals surface area contributed by atoms with Crippen molar-refractivity contribution >= 4 is 6.21 Å². The minimum absolute atomic E-state index is 0.509. The van der Waals surface area contributed by atoms with Crippen LogP contribution in [0.1, 0.15) is 11.5 Å². The summed E-state index contributed by atoms with van der Waals surface area (Å²) in [5.41, 5.74) is 12.1. The first kappa shape index (κ1) is 9.98. The molecule has 1 aliphatic rings. The molecule has 0 saturated carbocycles. The van der Waals surface area contributed by atoms with E-state index in [0.29, 0.717) is 18.7 Å². The van der Waals surface area contributed by atoms with Gasteiger partial charge in [-0.1, -0.05) is 0 Å². The Kier molecular flexibility index (Phi) is 2.36. The van der Waals surface area contributed by atoms with E-state index in [1.54, 1.807) is 12.3 Å². The maximum Gasteiger partial charge on any atom is 0.106 e. The van der Waals surface area contributed by atoms with Gasteiger partial charge in [0, 0.05) is 18.3 Å². The summed E-state index contributed by atoms with van der Waals surface area (Å²) in [6.45, 7) is 2.42. The molecule has 4 heteroatoms. The highest BCUT2D eigenvalue weighted by atomic mass is 16.3. The molecule has 0 spiro atoms. The van der Waals surface area contributed by atoms with Crippen molar-refractivity contribution in [1.82, 2.24) is 0 Å². The molecule has 1 unspecified atom stereocenters. The summed E-state index contributed by atoms with van der Waals surface area (Å²) in [5, 5.41) is 0. The third kappa shape index (κ3) is 1.94. The van der Waals surface area contributed by atoms with Crippen LogP contribution in [0, 0.1) is 6.92 Å². The minimum Gasteiger partial charge on any atom is -0.466 e. The van der Waals surface area contributed by atoms with E-state index in [-0.39, 0.29) is 0 Å². The van der Waals surface area contributed by atoms with E-state index in [1.807, 2.05) is 19.1 Å². The quantitative estimate of drug-likeness (QED) is 0.748. The van der Waals surface area contributed by atoms with Crippen molar-refractivity contribution in [3.05, 3.63) is 35.4 Å². The first-order chi connectivity index (χ1) is 7.10. The third-order valence-corrected chi connectivity index (χ3v) is 2.59. The number of rotatable bonds is 2. The molecule has 1 atom stereocenters. The number of aliphatic imine (C=N–C) groups is 1. The highest BCUT2D eigenvalue weighted by molar-refractivity contribution is 5.74. The van der Waals surface area contributed by atoms with Crippen molar-refractivity contribution in [3.8, 4) is 0 Å². The molecule has 0 amide bonds. The van der Waals surface area contributed by atoms with Crippen molar-refractivity contribution < 1.29 is 4.42 Å². The van der Waals surface area contributed by atoms with E-state index in [2.05, 4.69) is 4.99 Å². The van der Waals surface area contributed by atoms with E-state index >= 15 is 0 Å². The van der Waals surface area contributed by atoms with Crippen LogP contribution in [0.3, 0.4) is 0 Å². The molecule has 2 heterocycles. The monoisotopic (exact) mass is 205 g/mol. The fourth-order valence-electron chi connectivity index (χ4n) is 1.65. The van der Waals surface area contributed by atoms with Crippen LogP contribution in [-0.2, 0) is 6.42 Å². The van der Waals surface area contributed by atoms with Gasteiger partial charge in [0.15, 0.2) is 0 Å². The Morgan fingerprint density at radius 1 is 1.53 bits per heavy atom. The Morgan fingerprint density at radius 2 is 2.33 bits per heavy atom. The smallest absolute Gasteiger partial charge is 0.106 e. The number of aryl methyl sites for hydroxylation is 1. The molecule has 1 aliphatic heterocycles. The Labute approximate surface area is 88.7 Å². The van der Waals surface area contributed by atoms with Crippen molar-refractivity contribution in [1.29, 1.82) is 0 Å². The highest BCUT2D eigenvalue weighted by Crippen LogP contribution is 2.20. The summed E-state index contributed by atoms with van der Waals surface area (Å²) < 4.78 is 5.49. The average Bonchev–Trinajstić information content (AvgIpc) is 2.57. The van der Waals surface area contributed by atoms with Gasteiger partial charge in [-0.05, 0) is 25.1 Å². The molecule has 4 nitrogen and oxygen atoms in total. The Balaban J connectivity index is 2.18. The van der Waals surface area contributed by atoms with Crippen LogP contribution in [0.2, 0.25) is 0 Å². The second kappa shape index (κ2) is 3.55. The van der Waals surface area contributed by atoms with Gasteiger partial charge in [-0.2, -0.15) is 0 Å². The van der Waals surface area contributed by atoms with Gasteiger partial charge in [-0.15, -0.1) is 0 Å². The lowest BCUT2D eigenvalue weighted by atomic mass is 9.90. The molecule has 0 fully saturated rings. The van der Waals surface area contributed by atoms with E-state index in [1.165, 1.54) is 0 Å². The number of nitrogens with zero attached hydrogens (tertiary/aromatic N) is 1. The zero-order valence-electron chi connectivity index (χ0n) is 8.73. The molecular formula is C11H15N3O. The number of allylic oxidation sites excluding steroid dienone is 1. The van der Waals surface area contributed by atoms with Gasteiger partial charge >= 0.3 is 0 Å². The first-order valence-corrected chi connectivity index (χ1v) is 4.90. The zero-order chi connectivity index (χ0) is 10.9. The van der Waals surface area contributed by atoms with Gasteiger partial charge in [-0.3, -0.25) is 4.99 Å². The molecule has 4 N–H and O–H groups in total. The molecule has 0 saturated heterocycles. The number of hydrogen-bond donors (Lipinski definition) is 2. The average molecular weight is 205 g/mol. The van der Waals surface area contributed by atoms with Crippen molar-refractivity contribution in [2.45, 2.75) is 18.9 Å². The maximum atomic E-state index is 6.18. The highest BCUT2D eigenvalue weighted by Gasteiger charge is 2.30. The van der Waals surface area contributed by atoms with Gasteiger partial charge in [0.1, 0.15) is 11.5 Å². The Bertz CT molecular complexity index is 419. The summed E-state index contributed by atoms with van der Waals surface area (Å²) in [5.74, 6) is 1.74. The molecule has 80 valence electrons. The third-order valence-electron chi connectivity index (χ3n) is 2.59.